The van der Waals surface area contributed by atoms with Gasteiger partial charge in [-0.2, -0.15) is 0 Å². The van der Waals surface area contributed by atoms with Crippen LogP contribution in [0.1, 0.15) is 43.6 Å². The van der Waals surface area contributed by atoms with E-state index in [0.717, 1.165) is 17.4 Å². The van der Waals surface area contributed by atoms with Crippen LogP contribution >= 0.6 is 0 Å². The molecule has 106 valence electrons. The van der Waals surface area contributed by atoms with Crippen molar-refractivity contribution in [2.75, 3.05) is 20.8 Å². The fourth-order valence-corrected chi connectivity index (χ4v) is 3.22. The fourth-order valence-electron chi connectivity index (χ4n) is 3.22. The highest BCUT2D eigenvalue weighted by Crippen LogP contribution is 2.38. The molecule has 1 saturated carbocycles. The molecule has 0 heterocycles. The maximum Gasteiger partial charge on any atom is 0.160 e. The zero-order valence-corrected chi connectivity index (χ0v) is 12.0. The molecule has 2 rings (SSSR count). The van der Waals surface area contributed by atoms with Crippen molar-refractivity contribution in [3.8, 4) is 11.5 Å². The largest absolute Gasteiger partial charge is 0.493 e. The lowest BCUT2D eigenvalue weighted by molar-refractivity contribution is 0.305. The van der Waals surface area contributed by atoms with E-state index >= 15 is 0 Å². The molecular formula is C16H25NO2. The van der Waals surface area contributed by atoms with Gasteiger partial charge < -0.3 is 15.2 Å². The first-order valence-electron chi connectivity index (χ1n) is 7.22. The van der Waals surface area contributed by atoms with Gasteiger partial charge in [-0.15, -0.1) is 0 Å². The van der Waals surface area contributed by atoms with Crippen molar-refractivity contribution >= 4 is 0 Å². The van der Waals surface area contributed by atoms with Crippen LogP contribution < -0.4 is 15.2 Å². The summed E-state index contributed by atoms with van der Waals surface area (Å²) in [5, 5.41) is 0. The van der Waals surface area contributed by atoms with Gasteiger partial charge in [0.15, 0.2) is 11.5 Å². The van der Waals surface area contributed by atoms with Crippen LogP contribution in [0.2, 0.25) is 0 Å². The predicted octanol–water partition coefficient (Wildman–Crippen LogP) is 3.33. The molecule has 0 radical (unpaired) electrons. The molecule has 0 aromatic heterocycles. The highest BCUT2D eigenvalue weighted by atomic mass is 16.5. The zero-order chi connectivity index (χ0) is 13.7. The fraction of sp³-hybridized carbons (Fsp3) is 0.625. The van der Waals surface area contributed by atoms with Crippen LogP contribution in [0.3, 0.4) is 0 Å². The molecule has 0 bridgehead atoms. The Morgan fingerprint density at radius 3 is 2.37 bits per heavy atom. The summed E-state index contributed by atoms with van der Waals surface area (Å²) in [5.41, 5.74) is 7.31. The van der Waals surface area contributed by atoms with Gasteiger partial charge in [0, 0.05) is 0 Å². The summed E-state index contributed by atoms with van der Waals surface area (Å²) in [6, 6.07) is 6.21. The monoisotopic (exact) mass is 263 g/mol. The van der Waals surface area contributed by atoms with E-state index in [9.17, 15) is 0 Å². The summed E-state index contributed by atoms with van der Waals surface area (Å²) in [4.78, 5) is 0. The van der Waals surface area contributed by atoms with E-state index in [1.807, 2.05) is 6.07 Å². The summed E-state index contributed by atoms with van der Waals surface area (Å²) in [6.45, 7) is 0.708. The summed E-state index contributed by atoms with van der Waals surface area (Å²) >= 11 is 0. The van der Waals surface area contributed by atoms with Crippen molar-refractivity contribution in [2.24, 2.45) is 11.7 Å². The Balaban J connectivity index is 2.22. The van der Waals surface area contributed by atoms with Crippen LogP contribution in [-0.2, 0) is 0 Å². The third-order valence-corrected chi connectivity index (χ3v) is 4.31. The quantitative estimate of drug-likeness (QED) is 0.886. The molecule has 0 aliphatic heterocycles. The molecule has 1 atom stereocenters. The third kappa shape index (κ3) is 3.21. The van der Waals surface area contributed by atoms with Gasteiger partial charge in [0.1, 0.15) is 0 Å². The molecule has 1 aliphatic rings. The van der Waals surface area contributed by atoms with Crippen LogP contribution in [0.15, 0.2) is 18.2 Å². The third-order valence-electron chi connectivity index (χ3n) is 4.31. The molecule has 19 heavy (non-hydrogen) atoms. The molecule has 1 fully saturated rings. The lowest BCUT2D eigenvalue weighted by atomic mass is 9.77. The normalized spacial score (nSPS) is 18.1. The molecule has 1 aromatic carbocycles. The average molecular weight is 263 g/mol. The Morgan fingerprint density at radius 2 is 1.79 bits per heavy atom. The lowest BCUT2D eigenvalue weighted by Gasteiger charge is -2.30. The smallest absolute Gasteiger partial charge is 0.160 e. The summed E-state index contributed by atoms with van der Waals surface area (Å²) in [7, 11) is 3.35. The Kier molecular flexibility index (Phi) is 5.08. The molecule has 2 N–H and O–H groups in total. The number of rotatable bonds is 5. The molecule has 0 amide bonds. The van der Waals surface area contributed by atoms with Crippen molar-refractivity contribution < 1.29 is 9.47 Å². The van der Waals surface area contributed by atoms with E-state index in [-0.39, 0.29) is 0 Å². The molecule has 0 spiro atoms. The lowest BCUT2D eigenvalue weighted by Crippen LogP contribution is -2.23. The summed E-state index contributed by atoms with van der Waals surface area (Å²) < 4.78 is 10.7. The van der Waals surface area contributed by atoms with Gasteiger partial charge in [-0.3, -0.25) is 0 Å². The molecule has 0 unspecified atom stereocenters. The van der Waals surface area contributed by atoms with Gasteiger partial charge in [-0.25, -0.2) is 0 Å². The first-order chi connectivity index (χ1) is 9.30. The van der Waals surface area contributed by atoms with Crippen LogP contribution in [0, 0.1) is 5.92 Å². The first-order valence-corrected chi connectivity index (χ1v) is 7.22. The van der Waals surface area contributed by atoms with E-state index < -0.39 is 0 Å². The summed E-state index contributed by atoms with van der Waals surface area (Å²) in [6.07, 6.45) is 6.66. The predicted molar refractivity (Wildman–Crippen MR) is 77.9 cm³/mol. The Bertz CT molecular complexity index is 400. The van der Waals surface area contributed by atoms with E-state index in [1.54, 1.807) is 14.2 Å². The molecular weight excluding hydrogens is 238 g/mol. The summed E-state index contributed by atoms with van der Waals surface area (Å²) in [5.74, 6) is 2.75. The Morgan fingerprint density at radius 1 is 1.11 bits per heavy atom. The molecule has 1 aliphatic carbocycles. The van der Waals surface area contributed by atoms with Crippen molar-refractivity contribution in [1.29, 1.82) is 0 Å². The highest BCUT2D eigenvalue weighted by Gasteiger charge is 2.24. The zero-order valence-electron chi connectivity index (χ0n) is 12.0. The SMILES string of the molecule is COc1ccc([C@H](CN)C2CCCCC2)cc1OC. The van der Waals surface area contributed by atoms with E-state index in [4.69, 9.17) is 15.2 Å². The minimum Gasteiger partial charge on any atom is -0.493 e. The van der Waals surface area contributed by atoms with Crippen LogP contribution in [0.4, 0.5) is 0 Å². The van der Waals surface area contributed by atoms with Gasteiger partial charge >= 0.3 is 0 Å². The second kappa shape index (κ2) is 6.80. The van der Waals surface area contributed by atoms with Gasteiger partial charge in [-0.1, -0.05) is 25.3 Å². The number of methoxy groups -OCH3 is 2. The van der Waals surface area contributed by atoms with E-state index in [0.29, 0.717) is 12.5 Å². The number of nitrogens with two attached hydrogens (primary N) is 1. The first kappa shape index (κ1) is 14.2. The van der Waals surface area contributed by atoms with Crippen molar-refractivity contribution in [1.82, 2.24) is 0 Å². The molecule has 1 aromatic rings. The van der Waals surface area contributed by atoms with Gasteiger partial charge in [0.25, 0.3) is 0 Å². The number of benzene rings is 1. The minimum atomic E-state index is 0.445. The van der Waals surface area contributed by atoms with Crippen molar-refractivity contribution in [3.05, 3.63) is 23.8 Å². The number of hydrogen-bond acceptors (Lipinski definition) is 3. The van der Waals surface area contributed by atoms with Gasteiger partial charge in [-0.05, 0) is 48.9 Å². The van der Waals surface area contributed by atoms with Crippen molar-refractivity contribution in [2.45, 2.75) is 38.0 Å². The average Bonchev–Trinajstić information content (AvgIpc) is 2.49. The number of ether oxygens (including phenoxy) is 2. The van der Waals surface area contributed by atoms with Crippen LogP contribution in [-0.4, -0.2) is 20.8 Å². The van der Waals surface area contributed by atoms with Crippen LogP contribution in [0.5, 0.6) is 11.5 Å². The van der Waals surface area contributed by atoms with Crippen molar-refractivity contribution in [3.63, 3.8) is 0 Å². The molecule has 3 heteroatoms. The molecule has 3 nitrogen and oxygen atoms in total. The van der Waals surface area contributed by atoms with E-state index in [1.165, 1.54) is 37.7 Å². The highest BCUT2D eigenvalue weighted by molar-refractivity contribution is 5.44. The second-order valence-electron chi connectivity index (χ2n) is 5.35. The van der Waals surface area contributed by atoms with Gasteiger partial charge in [0.05, 0.1) is 14.2 Å². The van der Waals surface area contributed by atoms with Crippen LogP contribution in [0.25, 0.3) is 0 Å². The Hall–Kier alpha value is -1.22. The molecule has 0 saturated heterocycles. The maximum atomic E-state index is 6.03. The maximum absolute atomic E-state index is 6.03. The van der Waals surface area contributed by atoms with E-state index in [2.05, 4.69) is 12.1 Å². The minimum absolute atomic E-state index is 0.445. The van der Waals surface area contributed by atoms with Gasteiger partial charge in [0.2, 0.25) is 0 Å². The topological polar surface area (TPSA) is 44.5 Å². The number of hydrogen-bond donors (Lipinski definition) is 1. The Labute approximate surface area is 116 Å². The second-order valence-corrected chi connectivity index (χ2v) is 5.35. The standard InChI is InChI=1S/C16H25NO2/c1-18-15-9-8-13(10-16(15)19-2)14(11-17)12-6-4-3-5-7-12/h8-10,12,14H,3-7,11,17H2,1-2H3/t14-/m1/s1.